The molecule has 2 aromatic rings. The summed E-state index contributed by atoms with van der Waals surface area (Å²) in [5, 5.41) is 16.0. The van der Waals surface area contributed by atoms with Crippen molar-refractivity contribution >= 4 is 33.2 Å². The zero-order valence-electron chi connectivity index (χ0n) is 10.0. The molecule has 0 spiro atoms. The minimum atomic E-state index is -1.08. The molecule has 8 heteroatoms. The average Bonchev–Trinajstić information content (AvgIpc) is 2.72. The third kappa shape index (κ3) is 2.97. The van der Waals surface area contributed by atoms with Gasteiger partial charge in [0.05, 0.1) is 16.8 Å². The summed E-state index contributed by atoms with van der Waals surface area (Å²) in [5.74, 6) is -0.620. The molecule has 0 aliphatic rings. The van der Waals surface area contributed by atoms with Crippen molar-refractivity contribution < 1.29 is 14.6 Å². The van der Waals surface area contributed by atoms with E-state index in [0.717, 1.165) is 16.0 Å². The molecular weight excluding hydrogens is 270 g/mol. The molecule has 7 nitrogen and oxygen atoms in total. The van der Waals surface area contributed by atoms with Crippen LogP contribution >= 0.6 is 11.3 Å². The zero-order chi connectivity index (χ0) is 13.8. The minimum Gasteiger partial charge on any atom is -0.491 e. The maximum atomic E-state index is 11.3. The lowest BCUT2D eigenvalue weighted by molar-refractivity contribution is -0.135. The number of aromatic amines is 1. The maximum Gasteiger partial charge on any atom is 0.327 e. The van der Waals surface area contributed by atoms with Gasteiger partial charge in [0.15, 0.2) is 12.2 Å². The molecule has 0 fully saturated rings. The van der Waals surface area contributed by atoms with E-state index >= 15 is 0 Å². The Morgan fingerprint density at radius 2 is 2.32 bits per heavy atom. The van der Waals surface area contributed by atoms with Crippen LogP contribution in [-0.4, -0.2) is 29.2 Å². The van der Waals surface area contributed by atoms with E-state index in [9.17, 15) is 9.59 Å². The Kier molecular flexibility index (Phi) is 3.91. The molecule has 100 valence electrons. The average molecular weight is 281 g/mol. The van der Waals surface area contributed by atoms with Gasteiger partial charge in [-0.15, -0.1) is 5.11 Å². The quantitative estimate of drug-likeness (QED) is 0.819. The standard InChI is InChI=1S/C11H11N3O4S/c1-2-18-6-3-4-7-10(13-11(17)19-7)9(6)14-12-5-8(15)16/h3-4H,2,5H2,1H3,(H,13,17)(H,15,16). The number of thiazole rings is 1. The van der Waals surface area contributed by atoms with E-state index in [0.29, 0.717) is 23.6 Å². The molecule has 2 N–H and O–H groups in total. The molecule has 0 saturated carbocycles. The van der Waals surface area contributed by atoms with Gasteiger partial charge in [-0.3, -0.25) is 9.59 Å². The van der Waals surface area contributed by atoms with E-state index in [1.165, 1.54) is 0 Å². The number of azo groups is 1. The number of benzene rings is 1. The minimum absolute atomic E-state index is 0.210. The van der Waals surface area contributed by atoms with Crippen LogP contribution in [0.4, 0.5) is 5.69 Å². The van der Waals surface area contributed by atoms with Crippen LogP contribution < -0.4 is 9.61 Å². The summed E-state index contributed by atoms with van der Waals surface area (Å²) in [6.07, 6.45) is 0. The van der Waals surface area contributed by atoms with Crippen LogP contribution in [0.2, 0.25) is 0 Å². The lowest BCUT2D eigenvalue weighted by atomic mass is 10.2. The predicted molar refractivity (Wildman–Crippen MR) is 70.6 cm³/mol. The number of fused-ring (bicyclic) bond motifs is 1. The van der Waals surface area contributed by atoms with Gasteiger partial charge < -0.3 is 14.8 Å². The molecule has 0 amide bonds. The first kappa shape index (κ1) is 13.2. The molecule has 19 heavy (non-hydrogen) atoms. The van der Waals surface area contributed by atoms with Crippen LogP contribution in [0.5, 0.6) is 5.75 Å². The van der Waals surface area contributed by atoms with Gasteiger partial charge in [0, 0.05) is 0 Å². The molecule has 1 aromatic carbocycles. The number of aromatic nitrogens is 1. The number of aliphatic carboxylic acids is 1. The van der Waals surface area contributed by atoms with E-state index in [1.807, 2.05) is 6.92 Å². The lowest BCUT2D eigenvalue weighted by Crippen LogP contribution is -1.98. The summed E-state index contributed by atoms with van der Waals surface area (Å²) in [6.45, 7) is 1.82. The first-order valence-corrected chi connectivity index (χ1v) is 6.31. The van der Waals surface area contributed by atoms with Gasteiger partial charge in [0.1, 0.15) is 5.75 Å². The smallest absolute Gasteiger partial charge is 0.327 e. The molecule has 1 aromatic heterocycles. The fourth-order valence-corrected chi connectivity index (χ4v) is 2.26. The number of rotatable bonds is 5. The van der Waals surface area contributed by atoms with E-state index in [2.05, 4.69) is 15.2 Å². The fraction of sp³-hybridized carbons (Fsp3) is 0.273. The Morgan fingerprint density at radius 1 is 1.53 bits per heavy atom. The highest BCUT2D eigenvalue weighted by molar-refractivity contribution is 7.16. The number of nitrogens with one attached hydrogen (secondary N) is 1. The van der Waals surface area contributed by atoms with Gasteiger partial charge in [0.25, 0.3) is 0 Å². The van der Waals surface area contributed by atoms with E-state index < -0.39 is 12.5 Å². The van der Waals surface area contributed by atoms with Gasteiger partial charge in [-0.25, -0.2) is 0 Å². The van der Waals surface area contributed by atoms with Gasteiger partial charge in [-0.2, -0.15) is 5.11 Å². The topological polar surface area (TPSA) is 104 Å². The number of nitrogens with zero attached hydrogens (tertiary/aromatic N) is 2. The number of ether oxygens (including phenoxy) is 1. The Morgan fingerprint density at radius 3 is 3.00 bits per heavy atom. The molecule has 0 aliphatic heterocycles. The van der Waals surface area contributed by atoms with Gasteiger partial charge in [0.2, 0.25) is 0 Å². The van der Waals surface area contributed by atoms with Crippen molar-refractivity contribution in [3.05, 3.63) is 21.8 Å². The highest BCUT2D eigenvalue weighted by Gasteiger charge is 2.11. The second-order valence-electron chi connectivity index (χ2n) is 3.53. The van der Waals surface area contributed by atoms with Crippen molar-refractivity contribution in [3.8, 4) is 5.75 Å². The SMILES string of the molecule is CCOc1ccc2sc(=O)[nH]c2c1N=NCC(=O)O. The Labute approximate surface area is 111 Å². The number of hydrogen-bond acceptors (Lipinski definition) is 6. The number of carbonyl (C=O) groups is 1. The molecule has 0 aliphatic carbocycles. The van der Waals surface area contributed by atoms with E-state index in [1.54, 1.807) is 12.1 Å². The Hall–Kier alpha value is -2.22. The predicted octanol–water partition coefficient (Wildman–Crippen LogP) is 2.16. The number of carboxylic acid groups (broad SMARTS) is 1. The number of carboxylic acids is 1. The number of hydrogen-bond donors (Lipinski definition) is 2. The Bertz CT molecular complexity index is 689. The third-order valence-electron chi connectivity index (χ3n) is 2.21. The van der Waals surface area contributed by atoms with Crippen molar-refractivity contribution in [2.24, 2.45) is 10.2 Å². The van der Waals surface area contributed by atoms with Crippen molar-refractivity contribution in [3.63, 3.8) is 0 Å². The monoisotopic (exact) mass is 281 g/mol. The van der Waals surface area contributed by atoms with Crippen molar-refractivity contribution in [2.75, 3.05) is 13.2 Å². The van der Waals surface area contributed by atoms with Gasteiger partial charge in [-0.05, 0) is 19.1 Å². The van der Waals surface area contributed by atoms with Crippen molar-refractivity contribution in [1.29, 1.82) is 0 Å². The van der Waals surface area contributed by atoms with Crippen LogP contribution in [0, 0.1) is 0 Å². The van der Waals surface area contributed by atoms with Crippen molar-refractivity contribution in [2.45, 2.75) is 6.92 Å². The zero-order valence-corrected chi connectivity index (χ0v) is 10.9. The molecule has 0 bridgehead atoms. The van der Waals surface area contributed by atoms with Crippen LogP contribution in [0.3, 0.4) is 0 Å². The third-order valence-corrected chi connectivity index (χ3v) is 3.06. The van der Waals surface area contributed by atoms with Crippen molar-refractivity contribution in [1.82, 2.24) is 4.98 Å². The van der Waals surface area contributed by atoms with Crippen LogP contribution in [0.15, 0.2) is 27.2 Å². The molecule has 0 atom stereocenters. The highest BCUT2D eigenvalue weighted by Crippen LogP contribution is 2.35. The molecule has 0 unspecified atom stereocenters. The summed E-state index contributed by atoms with van der Waals surface area (Å²) in [6, 6.07) is 3.43. The van der Waals surface area contributed by atoms with Crippen LogP contribution in [-0.2, 0) is 4.79 Å². The maximum absolute atomic E-state index is 11.3. The molecular formula is C11H11N3O4S. The fourth-order valence-electron chi connectivity index (χ4n) is 1.52. The van der Waals surface area contributed by atoms with Crippen LogP contribution in [0.1, 0.15) is 6.92 Å². The molecule has 1 heterocycles. The van der Waals surface area contributed by atoms with E-state index in [-0.39, 0.29) is 4.87 Å². The van der Waals surface area contributed by atoms with Gasteiger partial charge in [-0.1, -0.05) is 11.3 Å². The Balaban J connectivity index is 2.51. The van der Waals surface area contributed by atoms with Crippen LogP contribution in [0.25, 0.3) is 10.2 Å². The first-order chi connectivity index (χ1) is 9.11. The normalized spacial score (nSPS) is 11.2. The largest absolute Gasteiger partial charge is 0.491 e. The summed E-state index contributed by atoms with van der Waals surface area (Å²) in [5.41, 5.74) is 0.856. The summed E-state index contributed by atoms with van der Waals surface area (Å²) < 4.78 is 6.11. The summed E-state index contributed by atoms with van der Waals surface area (Å²) >= 11 is 1.05. The highest BCUT2D eigenvalue weighted by atomic mass is 32.1. The lowest BCUT2D eigenvalue weighted by Gasteiger charge is -2.06. The van der Waals surface area contributed by atoms with Gasteiger partial charge >= 0.3 is 10.8 Å². The van der Waals surface area contributed by atoms with E-state index in [4.69, 9.17) is 9.84 Å². The second-order valence-corrected chi connectivity index (χ2v) is 4.54. The molecule has 2 rings (SSSR count). The molecule has 0 radical (unpaired) electrons. The second kappa shape index (κ2) is 5.61. The summed E-state index contributed by atoms with van der Waals surface area (Å²) in [4.78, 5) is 24.2. The molecule has 0 saturated heterocycles. The first-order valence-electron chi connectivity index (χ1n) is 5.49. The number of H-pyrrole nitrogens is 1. The summed E-state index contributed by atoms with van der Waals surface area (Å²) in [7, 11) is 0.